The first kappa shape index (κ1) is 22.2. The van der Waals surface area contributed by atoms with Gasteiger partial charge < -0.3 is 14.4 Å². The van der Waals surface area contributed by atoms with Crippen molar-refractivity contribution in [1.29, 1.82) is 0 Å². The Hall–Kier alpha value is -3.65. The molecule has 1 saturated heterocycles. The summed E-state index contributed by atoms with van der Waals surface area (Å²) in [6.45, 7) is 5.61. The molecule has 1 fully saturated rings. The van der Waals surface area contributed by atoms with Gasteiger partial charge >= 0.3 is 0 Å². The molecule has 0 N–H and O–H groups in total. The molecule has 34 heavy (non-hydrogen) atoms. The third kappa shape index (κ3) is 4.28. The Balaban J connectivity index is 1.39. The molecule has 0 spiro atoms. The van der Waals surface area contributed by atoms with Crippen LogP contribution in [-0.4, -0.2) is 63.4 Å². The van der Waals surface area contributed by atoms with Crippen molar-refractivity contribution < 1.29 is 9.18 Å². The monoisotopic (exact) mass is 458 g/mol. The maximum absolute atomic E-state index is 14.8. The summed E-state index contributed by atoms with van der Waals surface area (Å²) >= 11 is 0. The fourth-order valence-corrected chi connectivity index (χ4v) is 4.32. The molecule has 1 aromatic carbocycles. The van der Waals surface area contributed by atoms with Crippen LogP contribution >= 0.6 is 0 Å². The maximum atomic E-state index is 14.8. The molecule has 0 bridgehead atoms. The number of ketones is 1. The number of benzene rings is 1. The molecular weight excluding hydrogens is 431 g/mol. The zero-order valence-electron chi connectivity index (χ0n) is 19.6. The van der Waals surface area contributed by atoms with E-state index in [0.717, 1.165) is 43.2 Å². The summed E-state index contributed by atoms with van der Waals surface area (Å²) in [5.74, 6) is 1.30. The molecule has 0 radical (unpaired) electrons. The van der Waals surface area contributed by atoms with E-state index < -0.39 is 0 Å². The van der Waals surface area contributed by atoms with Crippen LogP contribution in [0.25, 0.3) is 22.0 Å². The number of anilines is 1. The lowest BCUT2D eigenvalue weighted by Gasteiger charge is -2.33. The standard InChI is InChI=1S/C26H27FN6O/c1-17-29-16-24(32(17)3)22-11-19-10-21(30-15-20(19)12-23(22)27)14-25(34)18-4-5-28-26(13-18)33-8-6-31(2)7-9-33/h4-5,10-13,15-16H,6-9,14H2,1-3H3. The van der Waals surface area contributed by atoms with Gasteiger partial charge in [-0.25, -0.2) is 14.4 Å². The summed E-state index contributed by atoms with van der Waals surface area (Å²) in [7, 11) is 3.97. The number of pyridine rings is 2. The van der Waals surface area contributed by atoms with Crippen LogP contribution in [0.5, 0.6) is 0 Å². The van der Waals surface area contributed by atoms with Gasteiger partial charge in [-0.15, -0.1) is 0 Å². The van der Waals surface area contributed by atoms with Crippen molar-refractivity contribution in [3.05, 3.63) is 71.8 Å². The summed E-state index contributed by atoms with van der Waals surface area (Å²) < 4.78 is 16.7. The minimum absolute atomic E-state index is 0.0192. The number of likely N-dealkylation sites (N-methyl/N-ethyl adjacent to an activating group) is 1. The number of halogens is 1. The fourth-order valence-electron chi connectivity index (χ4n) is 4.32. The van der Waals surface area contributed by atoms with Gasteiger partial charge in [0.05, 0.1) is 18.3 Å². The summed E-state index contributed by atoms with van der Waals surface area (Å²) in [6, 6.07) is 8.77. The lowest BCUT2D eigenvalue weighted by Crippen LogP contribution is -2.44. The van der Waals surface area contributed by atoms with Crippen LogP contribution in [0.15, 0.2) is 48.9 Å². The number of nitrogens with zero attached hydrogens (tertiary/aromatic N) is 6. The van der Waals surface area contributed by atoms with E-state index >= 15 is 0 Å². The van der Waals surface area contributed by atoms with Crippen LogP contribution in [0.1, 0.15) is 21.9 Å². The van der Waals surface area contributed by atoms with E-state index in [0.29, 0.717) is 27.9 Å². The number of rotatable bonds is 5. The van der Waals surface area contributed by atoms with Crippen molar-refractivity contribution in [1.82, 2.24) is 24.4 Å². The van der Waals surface area contributed by atoms with Gasteiger partial charge in [-0.2, -0.15) is 0 Å². The van der Waals surface area contributed by atoms with Crippen molar-refractivity contribution in [3.63, 3.8) is 0 Å². The van der Waals surface area contributed by atoms with Crippen molar-refractivity contribution >= 4 is 22.4 Å². The van der Waals surface area contributed by atoms with Crippen LogP contribution in [-0.2, 0) is 13.5 Å². The second-order valence-electron chi connectivity index (χ2n) is 8.90. The average Bonchev–Trinajstić information content (AvgIpc) is 3.17. The lowest BCUT2D eigenvalue weighted by atomic mass is 10.0. The Morgan fingerprint density at radius 2 is 1.76 bits per heavy atom. The van der Waals surface area contributed by atoms with Gasteiger partial charge in [0.25, 0.3) is 0 Å². The van der Waals surface area contributed by atoms with Gasteiger partial charge in [0.1, 0.15) is 17.5 Å². The highest BCUT2D eigenvalue weighted by Gasteiger charge is 2.18. The normalized spacial score (nSPS) is 14.6. The fraction of sp³-hybridized carbons (Fsp3) is 0.308. The predicted molar refractivity (Wildman–Crippen MR) is 131 cm³/mol. The quantitative estimate of drug-likeness (QED) is 0.425. The zero-order valence-corrected chi connectivity index (χ0v) is 19.6. The van der Waals surface area contributed by atoms with E-state index in [2.05, 4.69) is 31.8 Å². The molecule has 1 aliphatic heterocycles. The van der Waals surface area contributed by atoms with E-state index in [-0.39, 0.29) is 18.0 Å². The first-order valence-corrected chi connectivity index (χ1v) is 11.4. The van der Waals surface area contributed by atoms with Crippen molar-refractivity contribution in [3.8, 4) is 11.3 Å². The molecule has 0 amide bonds. The number of carbonyl (C=O) groups is 1. The summed E-state index contributed by atoms with van der Waals surface area (Å²) in [5.41, 5.74) is 2.45. The van der Waals surface area contributed by atoms with Gasteiger partial charge in [-0.05, 0) is 49.7 Å². The molecule has 1 aliphatic rings. The zero-order chi connectivity index (χ0) is 23.8. The minimum Gasteiger partial charge on any atom is -0.354 e. The highest BCUT2D eigenvalue weighted by atomic mass is 19.1. The molecule has 4 aromatic rings. The van der Waals surface area contributed by atoms with Crippen LogP contribution in [0.4, 0.5) is 10.2 Å². The maximum Gasteiger partial charge on any atom is 0.169 e. The largest absolute Gasteiger partial charge is 0.354 e. The molecule has 4 heterocycles. The number of piperazine rings is 1. The van der Waals surface area contributed by atoms with Crippen molar-refractivity contribution in [2.45, 2.75) is 13.3 Å². The Kier molecular flexibility index (Phi) is 5.83. The first-order valence-electron chi connectivity index (χ1n) is 11.4. The molecule has 0 saturated carbocycles. The van der Waals surface area contributed by atoms with Crippen molar-refractivity contribution in [2.24, 2.45) is 7.05 Å². The summed E-state index contributed by atoms with van der Waals surface area (Å²) in [4.78, 5) is 30.7. The Bertz CT molecular complexity index is 1370. The predicted octanol–water partition coefficient (Wildman–Crippen LogP) is 3.66. The number of fused-ring (bicyclic) bond motifs is 1. The smallest absolute Gasteiger partial charge is 0.169 e. The van der Waals surface area contributed by atoms with Crippen LogP contribution in [0.3, 0.4) is 0 Å². The van der Waals surface area contributed by atoms with E-state index in [9.17, 15) is 9.18 Å². The number of imidazole rings is 1. The number of hydrogen-bond acceptors (Lipinski definition) is 6. The number of hydrogen-bond donors (Lipinski definition) is 0. The molecule has 7 nitrogen and oxygen atoms in total. The molecule has 8 heteroatoms. The van der Waals surface area contributed by atoms with E-state index in [1.165, 1.54) is 6.07 Å². The molecule has 0 atom stereocenters. The number of Topliss-reactive ketones (excluding diaryl/α,β-unsaturated/α-hetero) is 1. The molecule has 3 aromatic heterocycles. The molecule has 174 valence electrons. The summed E-state index contributed by atoms with van der Waals surface area (Å²) in [5, 5.41) is 1.53. The molecular formula is C26H27FN6O. The van der Waals surface area contributed by atoms with Gasteiger partial charge in [0.2, 0.25) is 0 Å². The third-order valence-electron chi connectivity index (χ3n) is 6.60. The first-order chi connectivity index (χ1) is 16.4. The Labute approximate surface area is 197 Å². The van der Waals surface area contributed by atoms with Crippen LogP contribution < -0.4 is 4.90 Å². The van der Waals surface area contributed by atoms with E-state index in [4.69, 9.17) is 0 Å². The second-order valence-corrected chi connectivity index (χ2v) is 8.90. The topological polar surface area (TPSA) is 67.2 Å². The van der Waals surface area contributed by atoms with Crippen molar-refractivity contribution in [2.75, 3.05) is 38.1 Å². The van der Waals surface area contributed by atoms with Gasteiger partial charge in [-0.1, -0.05) is 0 Å². The lowest BCUT2D eigenvalue weighted by molar-refractivity contribution is 0.0992. The number of aryl methyl sites for hydroxylation is 1. The number of aromatic nitrogens is 4. The highest BCUT2D eigenvalue weighted by Crippen LogP contribution is 2.28. The Morgan fingerprint density at radius 1 is 0.971 bits per heavy atom. The Morgan fingerprint density at radius 3 is 2.50 bits per heavy atom. The van der Waals surface area contributed by atoms with Gasteiger partial charge in [-0.3, -0.25) is 9.78 Å². The van der Waals surface area contributed by atoms with E-state index in [1.807, 2.05) is 30.7 Å². The van der Waals surface area contributed by atoms with Gasteiger partial charge in [0, 0.05) is 67.8 Å². The molecule has 0 unspecified atom stereocenters. The van der Waals surface area contributed by atoms with Crippen LogP contribution in [0.2, 0.25) is 0 Å². The highest BCUT2D eigenvalue weighted by molar-refractivity contribution is 5.98. The minimum atomic E-state index is -0.325. The van der Waals surface area contributed by atoms with E-state index in [1.54, 1.807) is 30.7 Å². The average molecular weight is 459 g/mol. The molecule has 5 rings (SSSR count). The van der Waals surface area contributed by atoms with Crippen LogP contribution in [0, 0.1) is 12.7 Å². The number of carbonyl (C=O) groups excluding carboxylic acids is 1. The molecule has 0 aliphatic carbocycles. The summed E-state index contributed by atoms with van der Waals surface area (Å²) in [6.07, 6.45) is 5.16. The second kappa shape index (κ2) is 8.95. The SMILES string of the molecule is Cc1ncc(-c2cc3cc(CC(=O)c4ccnc(N5CCN(C)CC5)c4)ncc3cc2F)n1C. The third-order valence-corrected chi connectivity index (χ3v) is 6.60. The van der Waals surface area contributed by atoms with Gasteiger partial charge in [0.15, 0.2) is 5.78 Å².